The van der Waals surface area contributed by atoms with Gasteiger partial charge in [-0.1, -0.05) is 23.8 Å². The quantitative estimate of drug-likeness (QED) is 0.846. The van der Waals surface area contributed by atoms with Gasteiger partial charge in [-0.25, -0.2) is 0 Å². The SMILES string of the molecule is Cc1ccc(N2C(=O)[C@@H](c3cccs3)N3CCC[C@H]23)cc1. The zero-order chi connectivity index (χ0) is 14.4. The van der Waals surface area contributed by atoms with Gasteiger partial charge in [-0.2, -0.15) is 0 Å². The topological polar surface area (TPSA) is 23.6 Å². The fourth-order valence-corrected chi connectivity index (χ4v) is 4.34. The summed E-state index contributed by atoms with van der Waals surface area (Å²) >= 11 is 1.68. The van der Waals surface area contributed by atoms with E-state index in [1.54, 1.807) is 11.3 Å². The van der Waals surface area contributed by atoms with Crippen LogP contribution < -0.4 is 4.90 Å². The Morgan fingerprint density at radius 2 is 2.00 bits per heavy atom. The van der Waals surface area contributed by atoms with E-state index in [1.165, 1.54) is 16.9 Å². The summed E-state index contributed by atoms with van der Waals surface area (Å²) in [6.45, 7) is 3.09. The Morgan fingerprint density at radius 1 is 1.19 bits per heavy atom. The van der Waals surface area contributed by atoms with Gasteiger partial charge in [0.25, 0.3) is 5.91 Å². The average Bonchev–Trinajstić information content (AvgIpc) is 3.17. The molecule has 2 saturated heterocycles. The molecule has 0 N–H and O–H groups in total. The standard InChI is InChI=1S/C17H18N2OS/c1-12-6-8-13(9-7-12)19-15-5-2-10-18(15)16(17(19)20)14-4-3-11-21-14/h3-4,6-9,11,15-16H,2,5,10H2,1H3/t15-,16+/m0/s1. The fraction of sp³-hybridized carbons (Fsp3) is 0.353. The molecule has 1 amide bonds. The number of hydrogen-bond donors (Lipinski definition) is 0. The summed E-state index contributed by atoms with van der Waals surface area (Å²) in [5, 5.41) is 2.06. The third-order valence-corrected chi connectivity index (χ3v) is 5.41. The van der Waals surface area contributed by atoms with Crippen LogP contribution in [0.1, 0.15) is 29.3 Å². The Balaban J connectivity index is 1.74. The molecule has 0 bridgehead atoms. The summed E-state index contributed by atoms with van der Waals surface area (Å²) in [7, 11) is 0. The largest absolute Gasteiger partial charge is 0.294 e. The summed E-state index contributed by atoms with van der Waals surface area (Å²) in [6, 6.07) is 12.3. The number of fused-ring (bicyclic) bond motifs is 1. The second-order valence-corrected chi connectivity index (χ2v) is 6.80. The third kappa shape index (κ3) is 2.01. The number of carbonyl (C=O) groups excluding carboxylic acids is 1. The number of thiophene rings is 1. The summed E-state index contributed by atoms with van der Waals surface area (Å²) in [5.74, 6) is 0.228. The molecule has 2 fully saturated rings. The molecule has 2 aromatic rings. The van der Waals surface area contributed by atoms with Gasteiger partial charge >= 0.3 is 0 Å². The lowest BCUT2D eigenvalue weighted by molar-refractivity contribution is -0.119. The van der Waals surface area contributed by atoms with Crippen molar-refractivity contribution in [2.45, 2.75) is 32.0 Å². The molecule has 4 heteroatoms. The number of nitrogens with zero attached hydrogens (tertiary/aromatic N) is 2. The lowest BCUT2D eigenvalue weighted by Gasteiger charge is -2.24. The molecular formula is C17H18N2OS. The van der Waals surface area contributed by atoms with Gasteiger partial charge in [0.15, 0.2) is 0 Å². The molecule has 0 radical (unpaired) electrons. The molecule has 3 nitrogen and oxygen atoms in total. The van der Waals surface area contributed by atoms with Crippen LogP contribution in [-0.4, -0.2) is 23.5 Å². The minimum Gasteiger partial charge on any atom is -0.294 e. The van der Waals surface area contributed by atoms with Crippen LogP contribution in [0, 0.1) is 6.92 Å². The first kappa shape index (κ1) is 13.0. The highest BCUT2D eigenvalue weighted by Crippen LogP contribution is 2.42. The lowest BCUT2D eigenvalue weighted by Crippen LogP contribution is -2.35. The van der Waals surface area contributed by atoms with Crippen LogP contribution in [-0.2, 0) is 4.79 Å². The number of anilines is 1. The molecule has 4 rings (SSSR count). The van der Waals surface area contributed by atoms with Crippen LogP contribution in [0.4, 0.5) is 5.69 Å². The molecule has 0 spiro atoms. The first-order valence-electron chi connectivity index (χ1n) is 7.44. The van der Waals surface area contributed by atoms with Gasteiger partial charge in [0.05, 0.1) is 6.17 Å². The predicted molar refractivity (Wildman–Crippen MR) is 85.5 cm³/mol. The Labute approximate surface area is 128 Å². The van der Waals surface area contributed by atoms with Gasteiger partial charge in [-0.15, -0.1) is 11.3 Å². The van der Waals surface area contributed by atoms with E-state index in [0.29, 0.717) is 0 Å². The van der Waals surface area contributed by atoms with Crippen LogP contribution in [0.2, 0.25) is 0 Å². The zero-order valence-corrected chi connectivity index (χ0v) is 12.8. The number of amides is 1. The number of carbonyl (C=O) groups is 1. The van der Waals surface area contributed by atoms with Crippen molar-refractivity contribution in [1.82, 2.24) is 4.90 Å². The molecule has 1 aromatic carbocycles. The van der Waals surface area contributed by atoms with Gasteiger partial charge in [-0.05, 0) is 43.3 Å². The molecule has 3 heterocycles. The summed E-state index contributed by atoms with van der Waals surface area (Å²) in [4.78, 5) is 18.5. The molecule has 0 saturated carbocycles. The van der Waals surface area contributed by atoms with E-state index in [4.69, 9.17) is 0 Å². The Hall–Kier alpha value is -1.65. The van der Waals surface area contributed by atoms with E-state index in [0.717, 1.165) is 18.7 Å². The minimum atomic E-state index is -0.0844. The third-order valence-electron chi connectivity index (χ3n) is 4.49. The van der Waals surface area contributed by atoms with Crippen molar-refractivity contribution in [3.63, 3.8) is 0 Å². The molecule has 2 aliphatic heterocycles. The Bertz CT molecular complexity index is 650. The van der Waals surface area contributed by atoms with E-state index < -0.39 is 0 Å². The van der Waals surface area contributed by atoms with E-state index in [-0.39, 0.29) is 18.1 Å². The molecule has 0 unspecified atom stereocenters. The molecule has 2 atom stereocenters. The van der Waals surface area contributed by atoms with Gasteiger partial charge < -0.3 is 0 Å². The van der Waals surface area contributed by atoms with Crippen LogP contribution in [0.15, 0.2) is 41.8 Å². The first-order valence-corrected chi connectivity index (χ1v) is 8.32. The second-order valence-electron chi connectivity index (χ2n) is 5.82. The van der Waals surface area contributed by atoms with Crippen molar-refractivity contribution in [1.29, 1.82) is 0 Å². The fourth-order valence-electron chi connectivity index (χ4n) is 3.51. The molecule has 2 aliphatic rings. The van der Waals surface area contributed by atoms with E-state index in [1.807, 2.05) is 11.0 Å². The maximum absolute atomic E-state index is 13.0. The van der Waals surface area contributed by atoms with E-state index in [2.05, 4.69) is 47.5 Å². The molecule has 1 aromatic heterocycles. The van der Waals surface area contributed by atoms with Gasteiger partial charge in [-0.3, -0.25) is 14.6 Å². The number of benzene rings is 1. The summed E-state index contributed by atoms with van der Waals surface area (Å²) in [5.41, 5.74) is 2.25. The maximum atomic E-state index is 13.0. The van der Waals surface area contributed by atoms with Crippen LogP contribution in [0.25, 0.3) is 0 Å². The van der Waals surface area contributed by atoms with Crippen LogP contribution in [0.5, 0.6) is 0 Å². The van der Waals surface area contributed by atoms with Crippen molar-refractivity contribution in [3.05, 3.63) is 52.2 Å². The first-order chi connectivity index (χ1) is 10.3. The molecular weight excluding hydrogens is 280 g/mol. The minimum absolute atomic E-state index is 0.0844. The number of rotatable bonds is 2. The molecule has 0 aliphatic carbocycles. The van der Waals surface area contributed by atoms with Crippen molar-refractivity contribution < 1.29 is 4.79 Å². The summed E-state index contributed by atoms with van der Waals surface area (Å²) in [6.07, 6.45) is 2.47. The van der Waals surface area contributed by atoms with Crippen molar-refractivity contribution in [3.8, 4) is 0 Å². The smallest absolute Gasteiger partial charge is 0.251 e. The number of aryl methyl sites for hydroxylation is 1. The van der Waals surface area contributed by atoms with Crippen LogP contribution in [0.3, 0.4) is 0 Å². The highest BCUT2D eigenvalue weighted by Gasteiger charge is 2.49. The monoisotopic (exact) mass is 298 g/mol. The van der Waals surface area contributed by atoms with Gasteiger partial charge in [0.1, 0.15) is 6.04 Å². The normalized spacial score (nSPS) is 25.6. The summed E-state index contributed by atoms with van der Waals surface area (Å²) < 4.78 is 0. The van der Waals surface area contributed by atoms with Crippen LogP contribution >= 0.6 is 11.3 Å². The highest BCUT2D eigenvalue weighted by atomic mass is 32.1. The van der Waals surface area contributed by atoms with E-state index >= 15 is 0 Å². The highest BCUT2D eigenvalue weighted by molar-refractivity contribution is 7.10. The molecule has 21 heavy (non-hydrogen) atoms. The van der Waals surface area contributed by atoms with Gasteiger partial charge in [0, 0.05) is 17.1 Å². The predicted octanol–water partition coefficient (Wildman–Crippen LogP) is 3.57. The van der Waals surface area contributed by atoms with Crippen molar-refractivity contribution in [2.75, 3.05) is 11.4 Å². The van der Waals surface area contributed by atoms with Crippen molar-refractivity contribution >= 4 is 22.9 Å². The Kier molecular flexibility index (Phi) is 3.08. The van der Waals surface area contributed by atoms with Gasteiger partial charge in [0.2, 0.25) is 0 Å². The second kappa shape index (κ2) is 4.97. The molecule has 108 valence electrons. The van der Waals surface area contributed by atoms with Crippen molar-refractivity contribution in [2.24, 2.45) is 0 Å². The lowest BCUT2D eigenvalue weighted by atomic mass is 10.1. The maximum Gasteiger partial charge on any atom is 0.251 e. The number of hydrogen-bond acceptors (Lipinski definition) is 3. The van der Waals surface area contributed by atoms with E-state index in [9.17, 15) is 4.79 Å². The Morgan fingerprint density at radius 3 is 2.71 bits per heavy atom. The average molecular weight is 298 g/mol. The zero-order valence-electron chi connectivity index (χ0n) is 12.0.